The van der Waals surface area contributed by atoms with Gasteiger partial charge in [-0.3, -0.25) is 9.59 Å². The largest absolute Gasteiger partial charge is 0.481 e. The van der Waals surface area contributed by atoms with Gasteiger partial charge in [-0.1, -0.05) is 13.0 Å². The summed E-state index contributed by atoms with van der Waals surface area (Å²) in [6.07, 6.45) is 0.418. The summed E-state index contributed by atoms with van der Waals surface area (Å²) in [4.78, 5) is 23.0. The number of carboxylic acids is 1. The van der Waals surface area contributed by atoms with Gasteiger partial charge < -0.3 is 10.4 Å². The molecule has 100 valence electrons. The normalized spacial score (nSPS) is 13.1. The lowest BCUT2D eigenvalue weighted by molar-refractivity contribution is -0.147. The summed E-state index contributed by atoms with van der Waals surface area (Å²) in [5, 5.41) is 20.5. The molecule has 1 rings (SSSR count). The third-order valence-corrected chi connectivity index (χ3v) is 3.19. The molecule has 0 saturated heterocycles. The van der Waals surface area contributed by atoms with Gasteiger partial charge in [0.25, 0.3) is 5.91 Å². The summed E-state index contributed by atoms with van der Waals surface area (Å²) >= 11 is 0. The highest BCUT2D eigenvalue weighted by molar-refractivity contribution is 5.94. The van der Waals surface area contributed by atoms with E-state index in [1.54, 1.807) is 32.0 Å². The molecular weight excluding hydrogens is 244 g/mol. The molecule has 1 unspecified atom stereocenters. The average molecular weight is 260 g/mol. The summed E-state index contributed by atoms with van der Waals surface area (Å²) in [6.45, 7) is 3.40. The third-order valence-electron chi connectivity index (χ3n) is 3.19. The number of aliphatic carboxylic acids is 1. The van der Waals surface area contributed by atoms with Crippen LogP contribution >= 0.6 is 0 Å². The van der Waals surface area contributed by atoms with Crippen LogP contribution in [-0.2, 0) is 4.79 Å². The highest BCUT2D eigenvalue weighted by Gasteiger charge is 2.31. The summed E-state index contributed by atoms with van der Waals surface area (Å²) in [7, 11) is 0. The predicted octanol–water partition coefficient (Wildman–Crippen LogP) is 1.79. The van der Waals surface area contributed by atoms with E-state index < -0.39 is 11.4 Å². The molecule has 0 aliphatic carbocycles. The maximum atomic E-state index is 11.9. The Bertz CT molecular complexity index is 534. The van der Waals surface area contributed by atoms with E-state index in [0.29, 0.717) is 17.5 Å². The molecule has 0 spiro atoms. The number of hydrogen-bond acceptors (Lipinski definition) is 3. The molecule has 0 radical (unpaired) electrons. The number of benzene rings is 1. The van der Waals surface area contributed by atoms with Gasteiger partial charge in [0.1, 0.15) is 0 Å². The van der Waals surface area contributed by atoms with Gasteiger partial charge in [-0.2, -0.15) is 5.26 Å². The maximum absolute atomic E-state index is 11.9. The van der Waals surface area contributed by atoms with Crippen LogP contribution in [0.1, 0.15) is 36.2 Å². The van der Waals surface area contributed by atoms with E-state index in [2.05, 4.69) is 5.32 Å². The number of rotatable bonds is 5. The first-order valence-corrected chi connectivity index (χ1v) is 5.94. The average Bonchev–Trinajstić information content (AvgIpc) is 2.44. The number of carbonyl (C=O) groups excluding carboxylic acids is 1. The van der Waals surface area contributed by atoms with E-state index in [1.165, 1.54) is 6.07 Å². The Morgan fingerprint density at radius 1 is 1.47 bits per heavy atom. The van der Waals surface area contributed by atoms with E-state index in [1.807, 2.05) is 6.07 Å². The lowest BCUT2D eigenvalue weighted by Crippen LogP contribution is -2.40. The Hall–Kier alpha value is -2.35. The first kappa shape index (κ1) is 14.7. The van der Waals surface area contributed by atoms with Crippen LogP contribution in [0.3, 0.4) is 0 Å². The van der Waals surface area contributed by atoms with E-state index in [9.17, 15) is 9.59 Å². The summed E-state index contributed by atoms with van der Waals surface area (Å²) < 4.78 is 0. The van der Waals surface area contributed by atoms with Gasteiger partial charge in [-0.25, -0.2) is 0 Å². The molecule has 19 heavy (non-hydrogen) atoms. The molecule has 0 aliphatic heterocycles. The summed E-state index contributed by atoms with van der Waals surface area (Å²) in [5.41, 5.74) is -0.241. The SMILES string of the molecule is CCC(C)(CNC(=O)c1cccc(C#N)c1)C(=O)O. The number of nitriles is 1. The fraction of sp³-hybridized carbons (Fsp3) is 0.357. The highest BCUT2D eigenvalue weighted by Crippen LogP contribution is 2.20. The zero-order chi connectivity index (χ0) is 14.5. The second kappa shape index (κ2) is 6.01. The summed E-state index contributed by atoms with van der Waals surface area (Å²) in [5.74, 6) is -1.32. The van der Waals surface area contributed by atoms with Crippen LogP contribution in [-0.4, -0.2) is 23.5 Å². The molecule has 0 bridgehead atoms. The molecule has 2 N–H and O–H groups in total. The van der Waals surface area contributed by atoms with Crippen molar-refractivity contribution < 1.29 is 14.7 Å². The number of amides is 1. The predicted molar refractivity (Wildman–Crippen MR) is 69.5 cm³/mol. The number of carbonyl (C=O) groups is 2. The highest BCUT2D eigenvalue weighted by atomic mass is 16.4. The number of carboxylic acid groups (broad SMARTS) is 1. The lowest BCUT2D eigenvalue weighted by atomic mass is 9.87. The fourth-order valence-electron chi connectivity index (χ4n) is 1.46. The Labute approximate surface area is 111 Å². The van der Waals surface area contributed by atoms with E-state index in [0.717, 1.165) is 0 Å². The van der Waals surface area contributed by atoms with Crippen molar-refractivity contribution in [3.05, 3.63) is 35.4 Å². The molecule has 0 heterocycles. The maximum Gasteiger partial charge on any atom is 0.311 e. The van der Waals surface area contributed by atoms with Crippen molar-refractivity contribution in [2.75, 3.05) is 6.54 Å². The topological polar surface area (TPSA) is 90.2 Å². The van der Waals surface area contributed by atoms with Gasteiger partial charge in [-0.15, -0.1) is 0 Å². The number of nitrogens with one attached hydrogen (secondary N) is 1. The van der Waals surface area contributed by atoms with Gasteiger partial charge in [0.05, 0.1) is 17.0 Å². The van der Waals surface area contributed by atoms with Crippen LogP contribution in [0.25, 0.3) is 0 Å². The Kier molecular flexibility index (Phi) is 4.65. The zero-order valence-corrected chi connectivity index (χ0v) is 10.9. The van der Waals surface area contributed by atoms with Gasteiger partial charge in [0.2, 0.25) is 0 Å². The molecule has 1 atom stereocenters. The second-order valence-corrected chi connectivity index (χ2v) is 4.59. The minimum atomic E-state index is -0.984. The molecule has 1 aromatic rings. The van der Waals surface area contributed by atoms with Crippen molar-refractivity contribution in [1.29, 1.82) is 5.26 Å². The molecule has 1 amide bonds. The Balaban J connectivity index is 2.75. The van der Waals surface area contributed by atoms with Gasteiger partial charge in [0.15, 0.2) is 0 Å². The third kappa shape index (κ3) is 3.55. The monoisotopic (exact) mass is 260 g/mol. The van der Waals surface area contributed by atoms with Crippen molar-refractivity contribution in [2.24, 2.45) is 5.41 Å². The first-order valence-electron chi connectivity index (χ1n) is 5.94. The minimum absolute atomic E-state index is 0.0500. The lowest BCUT2D eigenvalue weighted by Gasteiger charge is -2.23. The van der Waals surface area contributed by atoms with Gasteiger partial charge in [-0.05, 0) is 31.5 Å². The van der Waals surface area contributed by atoms with Crippen LogP contribution in [0.2, 0.25) is 0 Å². The van der Waals surface area contributed by atoms with Crippen molar-refractivity contribution in [2.45, 2.75) is 20.3 Å². The molecular formula is C14H16N2O3. The second-order valence-electron chi connectivity index (χ2n) is 4.59. The van der Waals surface area contributed by atoms with E-state index in [-0.39, 0.29) is 12.5 Å². The number of hydrogen-bond donors (Lipinski definition) is 2. The van der Waals surface area contributed by atoms with Crippen molar-refractivity contribution in [1.82, 2.24) is 5.32 Å². The molecule has 0 fully saturated rings. The standard InChI is InChI=1S/C14H16N2O3/c1-3-14(2,13(18)19)9-16-12(17)11-6-4-5-10(7-11)8-15/h4-7H,3,9H2,1-2H3,(H,16,17)(H,18,19). The van der Waals surface area contributed by atoms with Crippen molar-refractivity contribution >= 4 is 11.9 Å². The molecule has 1 aromatic carbocycles. The van der Waals surface area contributed by atoms with Gasteiger partial charge in [0, 0.05) is 12.1 Å². The first-order chi connectivity index (χ1) is 8.92. The van der Waals surface area contributed by atoms with Gasteiger partial charge >= 0.3 is 5.97 Å². The molecule has 5 heteroatoms. The molecule has 5 nitrogen and oxygen atoms in total. The van der Waals surface area contributed by atoms with E-state index >= 15 is 0 Å². The van der Waals surface area contributed by atoms with Crippen molar-refractivity contribution in [3.63, 3.8) is 0 Å². The summed E-state index contributed by atoms with van der Waals surface area (Å²) in [6, 6.07) is 8.22. The Morgan fingerprint density at radius 2 is 2.16 bits per heavy atom. The van der Waals surface area contributed by atoms with Crippen LogP contribution in [0.5, 0.6) is 0 Å². The molecule has 0 aromatic heterocycles. The van der Waals surface area contributed by atoms with Crippen LogP contribution < -0.4 is 5.32 Å². The fourth-order valence-corrected chi connectivity index (χ4v) is 1.46. The smallest absolute Gasteiger partial charge is 0.311 e. The zero-order valence-electron chi connectivity index (χ0n) is 10.9. The Morgan fingerprint density at radius 3 is 2.68 bits per heavy atom. The van der Waals surface area contributed by atoms with Crippen LogP contribution in [0.4, 0.5) is 0 Å². The van der Waals surface area contributed by atoms with Crippen LogP contribution in [0, 0.1) is 16.7 Å². The molecule has 0 saturated carbocycles. The quantitative estimate of drug-likeness (QED) is 0.844. The number of nitrogens with zero attached hydrogens (tertiary/aromatic N) is 1. The van der Waals surface area contributed by atoms with Crippen LogP contribution in [0.15, 0.2) is 24.3 Å². The molecule has 0 aliphatic rings. The minimum Gasteiger partial charge on any atom is -0.481 e. The van der Waals surface area contributed by atoms with Crippen molar-refractivity contribution in [3.8, 4) is 6.07 Å². The van der Waals surface area contributed by atoms with E-state index in [4.69, 9.17) is 10.4 Å².